The molecule has 0 amide bonds. The summed E-state index contributed by atoms with van der Waals surface area (Å²) in [7, 11) is 0. The second-order valence-corrected chi connectivity index (χ2v) is 11.8. The van der Waals surface area contributed by atoms with Crippen LogP contribution >= 0.6 is 0 Å². The highest BCUT2D eigenvalue weighted by Gasteiger charge is 2.21. The van der Waals surface area contributed by atoms with Crippen LogP contribution < -0.4 is 0 Å². The number of fused-ring (bicyclic) bond motifs is 6. The zero-order valence-corrected chi connectivity index (χ0v) is 25.7. The monoisotopic (exact) mass is 635 g/mol. The van der Waals surface area contributed by atoms with E-state index in [1.165, 1.54) is 0 Å². The predicted molar refractivity (Wildman–Crippen MR) is 208 cm³/mol. The molecule has 0 aliphatic heterocycles. The first kappa shape index (κ1) is 17.6. The van der Waals surface area contributed by atoms with Crippen LogP contribution in [0.1, 0.15) is 17.8 Å². The molecule has 0 N–H and O–H groups in total. The van der Waals surface area contributed by atoms with Gasteiger partial charge in [0.05, 0.1) is 17.8 Å². The van der Waals surface area contributed by atoms with Crippen LogP contribution in [0.25, 0.3) is 98.8 Å². The van der Waals surface area contributed by atoms with Crippen LogP contribution in [0, 0.1) is 0 Å². The molecular weight excluding hydrogens is 593 g/mol. The van der Waals surface area contributed by atoms with Gasteiger partial charge in [-0.15, -0.1) is 0 Å². The number of rotatable bonds is 4. The number of hydrogen-bond donors (Lipinski definition) is 0. The predicted octanol–water partition coefficient (Wildman–Crippen LogP) is 13.7. The van der Waals surface area contributed by atoms with Crippen molar-refractivity contribution in [1.29, 1.82) is 0 Å². The highest BCUT2D eigenvalue weighted by atomic mass is 16.3. The number of furan rings is 1. The summed E-state index contributed by atoms with van der Waals surface area (Å²) in [5.41, 5.74) is 4.52. The summed E-state index contributed by atoms with van der Waals surface area (Å²) >= 11 is 0. The largest absolute Gasteiger partial charge is 0.455 e. The van der Waals surface area contributed by atoms with Gasteiger partial charge in [0.2, 0.25) is 0 Å². The average Bonchev–Trinajstić information content (AvgIpc) is 3.69. The Bertz CT molecular complexity index is 3510. The molecule has 1 heterocycles. The van der Waals surface area contributed by atoms with Crippen LogP contribution in [-0.4, -0.2) is 0 Å². The van der Waals surface area contributed by atoms with E-state index in [4.69, 9.17) is 16.8 Å². The fourth-order valence-corrected chi connectivity index (χ4v) is 7.15. The van der Waals surface area contributed by atoms with Gasteiger partial charge in [-0.25, -0.2) is 0 Å². The van der Waals surface area contributed by atoms with E-state index in [2.05, 4.69) is 0 Å². The minimum atomic E-state index is -0.717. The van der Waals surface area contributed by atoms with Crippen molar-refractivity contribution in [2.75, 3.05) is 0 Å². The highest BCUT2D eigenvalue weighted by molar-refractivity contribution is 6.24. The molecule has 1 nitrogen and oxygen atoms in total. The minimum absolute atomic E-state index is 0.0716. The van der Waals surface area contributed by atoms with Gasteiger partial charge in [0.25, 0.3) is 0 Å². The number of benzene rings is 9. The van der Waals surface area contributed by atoms with E-state index in [1.807, 2.05) is 91.0 Å². The molecule has 0 fully saturated rings. The summed E-state index contributed by atoms with van der Waals surface area (Å²) in [6, 6.07) is 24.5. The van der Waals surface area contributed by atoms with E-state index in [0.717, 1.165) is 38.6 Å². The summed E-state index contributed by atoms with van der Waals surface area (Å²) in [6.45, 7) is 0. The van der Waals surface area contributed by atoms with Crippen molar-refractivity contribution in [2.24, 2.45) is 0 Å². The maximum absolute atomic E-state index is 9.41. The van der Waals surface area contributed by atoms with Crippen LogP contribution in [0.4, 0.5) is 0 Å². The molecule has 0 bridgehead atoms. The van der Waals surface area contributed by atoms with Gasteiger partial charge in [-0.1, -0.05) is 182 Å². The summed E-state index contributed by atoms with van der Waals surface area (Å²) in [4.78, 5) is 0. The molecule has 0 aliphatic rings. The summed E-state index contributed by atoms with van der Waals surface area (Å²) in [5, 5.41) is 2.34. The summed E-state index contributed by atoms with van der Waals surface area (Å²) in [6.07, 6.45) is 0. The Hall–Kier alpha value is -6.44. The molecule has 0 atom stereocenters. The van der Waals surface area contributed by atoms with Gasteiger partial charge in [-0.2, -0.15) is 0 Å². The topological polar surface area (TPSA) is 13.1 Å². The van der Waals surface area contributed by atoms with Crippen molar-refractivity contribution in [1.82, 2.24) is 0 Å². The lowest BCUT2D eigenvalue weighted by Crippen LogP contribution is -1.92. The van der Waals surface area contributed by atoms with E-state index in [1.54, 1.807) is 12.1 Å². The fourth-order valence-electron chi connectivity index (χ4n) is 7.15. The first-order chi connectivity index (χ1) is 29.7. The van der Waals surface area contributed by atoms with Crippen LogP contribution in [0.3, 0.4) is 0 Å². The van der Waals surface area contributed by atoms with Crippen molar-refractivity contribution < 1.29 is 22.2 Å². The van der Waals surface area contributed by atoms with Gasteiger partial charge in [0, 0.05) is 21.9 Å². The van der Waals surface area contributed by atoms with Gasteiger partial charge >= 0.3 is 0 Å². The van der Waals surface area contributed by atoms with Gasteiger partial charge in [-0.05, 0) is 65.7 Å². The lowest BCUT2D eigenvalue weighted by Gasteiger charge is -2.19. The third-order valence-corrected chi connectivity index (χ3v) is 9.22. The van der Waals surface area contributed by atoms with E-state index < -0.39 is 84.1 Å². The van der Waals surface area contributed by atoms with Crippen LogP contribution in [0.2, 0.25) is 0 Å². The lowest BCUT2D eigenvalue weighted by molar-refractivity contribution is 0.671. The van der Waals surface area contributed by atoms with Crippen LogP contribution in [-0.2, 0) is 0 Å². The molecule has 1 aromatic heterocycles. The molecule has 49 heavy (non-hydrogen) atoms. The zero-order chi connectivity index (χ0) is 43.6. The SMILES string of the molecule is [2H]c1c([2H])c([2H])c(-c2c3c([2H])c([2H])c([2H])c([2H])c3c(-c3ccc(-c4cccc5c4oc4c(-c6ccccc6)cccc45)c4ccccc34)c3c([2H])c([2H])c([2H])c([2H])c23)c([2H])c1[2H]. The third-order valence-electron chi connectivity index (χ3n) is 9.22. The lowest BCUT2D eigenvalue weighted by atomic mass is 9.84. The Morgan fingerprint density at radius 3 is 1.45 bits per heavy atom. The zero-order valence-electron chi connectivity index (χ0n) is 38.7. The molecule has 0 aliphatic carbocycles. The van der Waals surface area contributed by atoms with E-state index >= 15 is 0 Å². The smallest absolute Gasteiger partial charge is 0.143 e. The van der Waals surface area contributed by atoms with Crippen molar-refractivity contribution in [3.05, 3.63) is 182 Å². The first-order valence-corrected chi connectivity index (χ1v) is 15.8. The first-order valence-electron chi connectivity index (χ1n) is 22.3. The average molecular weight is 636 g/mol. The normalized spacial score (nSPS) is 15.4. The van der Waals surface area contributed by atoms with Crippen LogP contribution in [0.5, 0.6) is 0 Å². The molecule has 0 saturated heterocycles. The second kappa shape index (κ2) is 11.1. The molecule has 10 aromatic rings. The van der Waals surface area contributed by atoms with Gasteiger partial charge < -0.3 is 4.42 Å². The molecule has 0 saturated carbocycles. The minimum Gasteiger partial charge on any atom is -0.455 e. The Morgan fingerprint density at radius 2 is 0.796 bits per heavy atom. The van der Waals surface area contributed by atoms with E-state index in [0.29, 0.717) is 21.9 Å². The molecule has 1 heteroatoms. The maximum atomic E-state index is 9.41. The summed E-state index contributed by atoms with van der Waals surface area (Å²) < 4.78 is 123. The maximum Gasteiger partial charge on any atom is 0.143 e. The number of para-hydroxylation sites is 2. The Morgan fingerprint density at radius 1 is 0.306 bits per heavy atom. The quantitative estimate of drug-likeness (QED) is 0.175. The summed E-state index contributed by atoms with van der Waals surface area (Å²) in [5.74, 6) is 0. The molecule has 0 radical (unpaired) electrons. The molecule has 0 spiro atoms. The molecule has 10 rings (SSSR count). The van der Waals surface area contributed by atoms with E-state index in [-0.39, 0.29) is 32.7 Å². The van der Waals surface area contributed by atoms with Crippen molar-refractivity contribution in [3.8, 4) is 44.5 Å². The molecule has 9 aromatic carbocycles. The highest BCUT2D eigenvalue weighted by Crippen LogP contribution is 2.47. The Labute approximate surface area is 302 Å². The van der Waals surface area contributed by atoms with Gasteiger partial charge in [0.1, 0.15) is 11.2 Å². The van der Waals surface area contributed by atoms with Crippen molar-refractivity contribution in [2.45, 2.75) is 0 Å². The molecule has 0 unspecified atom stereocenters. The second-order valence-electron chi connectivity index (χ2n) is 11.8. The fraction of sp³-hybridized carbons (Fsp3) is 0. The van der Waals surface area contributed by atoms with E-state index in [9.17, 15) is 5.48 Å². The van der Waals surface area contributed by atoms with Crippen molar-refractivity contribution in [3.63, 3.8) is 0 Å². The molecule has 228 valence electrons. The van der Waals surface area contributed by atoms with Crippen molar-refractivity contribution >= 4 is 54.3 Å². The van der Waals surface area contributed by atoms with Crippen LogP contribution in [0.15, 0.2) is 186 Å². The number of hydrogen-bond acceptors (Lipinski definition) is 1. The molecular formula is C48H30O. The van der Waals surface area contributed by atoms with Gasteiger partial charge in [0.15, 0.2) is 0 Å². The third kappa shape index (κ3) is 4.26. The van der Waals surface area contributed by atoms with Gasteiger partial charge in [-0.3, -0.25) is 0 Å². The Kier molecular flexibility index (Phi) is 3.99. The Balaban J connectivity index is 1.37. The standard InChI is InChI=1S/C48H30O/c1-3-15-31(16-4-1)33-25-13-27-43-44-28-14-26-42(48(44)49-47(33)43)36-29-30-41(35-20-8-7-19-34(35)36)46-39-23-11-9-21-37(39)45(32-17-5-2-6-18-32)38-22-10-12-24-40(38)46/h1-30H/i2D,5D,6D,9D,10D,11D,12D,17D,18D,21D,22D,23D,24D.